The van der Waals surface area contributed by atoms with Gasteiger partial charge in [0.15, 0.2) is 0 Å². The normalized spacial score (nSPS) is 10.2. The van der Waals surface area contributed by atoms with Crippen LogP contribution in [0, 0.1) is 11.3 Å². The van der Waals surface area contributed by atoms with Gasteiger partial charge in [-0.15, -0.1) is 0 Å². The molecule has 0 radical (unpaired) electrons. The number of hydrogen-bond donors (Lipinski definition) is 0. The van der Waals surface area contributed by atoms with E-state index in [1.165, 1.54) is 0 Å². The van der Waals surface area contributed by atoms with Crippen molar-refractivity contribution in [2.24, 2.45) is 4.99 Å². The van der Waals surface area contributed by atoms with E-state index < -0.39 is 5.83 Å². The smallest absolute Gasteiger partial charge is 0.142 e. The minimum Gasteiger partial charge on any atom is -0.253 e. The first-order chi connectivity index (χ1) is 5.11. The second-order valence-corrected chi connectivity index (χ2v) is 2.15. The lowest BCUT2D eigenvalue weighted by Gasteiger charge is -1.90. The van der Waals surface area contributed by atoms with E-state index in [9.17, 15) is 4.39 Å². The highest BCUT2D eigenvalue weighted by Crippen LogP contribution is 2.09. The van der Waals surface area contributed by atoms with E-state index in [0.29, 0.717) is 5.57 Å². The summed E-state index contributed by atoms with van der Waals surface area (Å²) in [4.78, 5) is 3.30. The first-order valence-electron chi connectivity index (χ1n) is 3.03. The zero-order valence-corrected chi connectivity index (χ0v) is 6.56. The number of aliphatic imine (C=N–C) groups is 1. The van der Waals surface area contributed by atoms with Gasteiger partial charge in [-0.2, -0.15) is 5.26 Å². The fraction of sp³-hybridized carbons (Fsp3) is 0.250. The molecule has 0 aromatic rings. The van der Waals surface area contributed by atoms with E-state index in [2.05, 4.69) is 11.7 Å². The highest BCUT2D eigenvalue weighted by atomic mass is 19.1. The Bertz CT molecular complexity index is 252. The third kappa shape index (κ3) is 3.31. The Balaban J connectivity index is 4.70. The van der Waals surface area contributed by atoms with E-state index >= 15 is 0 Å². The lowest BCUT2D eigenvalue weighted by atomic mass is 10.3. The van der Waals surface area contributed by atoms with Crippen LogP contribution in [0.15, 0.2) is 28.2 Å². The fourth-order valence-corrected chi connectivity index (χ4v) is 0.378. The standard InChI is InChI=1S/C8H9FN2/c1-6(2)8(9)4-7(5-10)11-3/h4H,3H2,1-2H3/b7-4-. The summed E-state index contributed by atoms with van der Waals surface area (Å²) >= 11 is 0. The van der Waals surface area contributed by atoms with Crippen molar-refractivity contribution in [2.75, 3.05) is 0 Å². The van der Waals surface area contributed by atoms with Gasteiger partial charge in [0, 0.05) is 6.08 Å². The third-order valence-electron chi connectivity index (χ3n) is 1.03. The zero-order chi connectivity index (χ0) is 8.85. The van der Waals surface area contributed by atoms with Gasteiger partial charge in [0.1, 0.15) is 17.6 Å². The molecule has 0 atom stereocenters. The van der Waals surface area contributed by atoms with Gasteiger partial charge in [0.25, 0.3) is 0 Å². The van der Waals surface area contributed by atoms with Crippen LogP contribution in [0.4, 0.5) is 4.39 Å². The summed E-state index contributed by atoms with van der Waals surface area (Å²) in [6, 6.07) is 1.70. The lowest BCUT2D eigenvalue weighted by Crippen LogP contribution is -1.76. The molecule has 0 fully saturated rings. The molecular formula is C8H9FN2. The van der Waals surface area contributed by atoms with Gasteiger partial charge in [-0.1, -0.05) is 0 Å². The maximum Gasteiger partial charge on any atom is 0.142 e. The Morgan fingerprint density at radius 1 is 1.64 bits per heavy atom. The number of hydrogen-bond acceptors (Lipinski definition) is 2. The Kier molecular flexibility index (Phi) is 3.82. The average Bonchev–Trinajstić information content (AvgIpc) is 1.99. The van der Waals surface area contributed by atoms with Gasteiger partial charge >= 0.3 is 0 Å². The van der Waals surface area contributed by atoms with E-state index in [1.54, 1.807) is 19.9 Å². The first-order valence-corrected chi connectivity index (χ1v) is 3.03. The first kappa shape index (κ1) is 9.57. The van der Waals surface area contributed by atoms with Crippen LogP contribution in [-0.4, -0.2) is 6.72 Å². The van der Waals surface area contributed by atoms with Crippen molar-refractivity contribution < 1.29 is 4.39 Å². The second kappa shape index (κ2) is 4.40. The van der Waals surface area contributed by atoms with Crippen molar-refractivity contribution in [1.29, 1.82) is 5.26 Å². The molecule has 0 aliphatic carbocycles. The van der Waals surface area contributed by atoms with Gasteiger partial charge < -0.3 is 0 Å². The minimum atomic E-state index is -0.436. The van der Waals surface area contributed by atoms with E-state index in [1.807, 2.05) is 0 Å². The molecule has 0 rings (SSSR count). The van der Waals surface area contributed by atoms with Crippen molar-refractivity contribution in [3.63, 3.8) is 0 Å². The van der Waals surface area contributed by atoms with Crippen LogP contribution < -0.4 is 0 Å². The summed E-state index contributed by atoms with van der Waals surface area (Å²) in [7, 11) is 0. The molecule has 58 valence electrons. The Morgan fingerprint density at radius 3 is 2.45 bits per heavy atom. The minimum absolute atomic E-state index is 0.0105. The van der Waals surface area contributed by atoms with Crippen molar-refractivity contribution in [1.82, 2.24) is 0 Å². The summed E-state index contributed by atoms with van der Waals surface area (Å²) in [5.41, 5.74) is 0.505. The molecule has 0 bridgehead atoms. The number of rotatable bonds is 2. The molecule has 0 saturated carbocycles. The van der Waals surface area contributed by atoms with Gasteiger partial charge in [-0.3, -0.25) is 4.99 Å². The van der Waals surface area contributed by atoms with Crippen LogP contribution in [0.1, 0.15) is 13.8 Å². The van der Waals surface area contributed by atoms with Crippen molar-refractivity contribution in [3.05, 3.63) is 23.2 Å². The molecule has 0 heterocycles. The molecule has 0 unspecified atom stereocenters. The summed E-state index contributed by atoms with van der Waals surface area (Å²) in [6.07, 6.45) is 1.06. The van der Waals surface area contributed by atoms with Gasteiger partial charge in [0.2, 0.25) is 0 Å². The van der Waals surface area contributed by atoms with E-state index in [-0.39, 0.29) is 5.70 Å². The van der Waals surface area contributed by atoms with Gasteiger partial charge in [-0.05, 0) is 26.1 Å². The molecule has 0 amide bonds. The summed E-state index contributed by atoms with van der Waals surface area (Å²) in [5, 5.41) is 8.32. The van der Waals surface area contributed by atoms with Gasteiger partial charge in [-0.25, -0.2) is 4.39 Å². The predicted molar refractivity (Wildman–Crippen MR) is 42.7 cm³/mol. The number of halogens is 1. The van der Waals surface area contributed by atoms with E-state index in [0.717, 1.165) is 6.08 Å². The van der Waals surface area contributed by atoms with Crippen LogP contribution in [0.2, 0.25) is 0 Å². The molecule has 2 nitrogen and oxygen atoms in total. The molecule has 0 aromatic heterocycles. The third-order valence-corrected chi connectivity index (χ3v) is 1.03. The highest BCUT2D eigenvalue weighted by molar-refractivity contribution is 5.37. The molecule has 0 aliphatic heterocycles. The Labute approximate surface area is 65.4 Å². The van der Waals surface area contributed by atoms with Crippen LogP contribution in [0.3, 0.4) is 0 Å². The van der Waals surface area contributed by atoms with Crippen LogP contribution >= 0.6 is 0 Å². The average molecular weight is 152 g/mol. The topological polar surface area (TPSA) is 36.1 Å². The largest absolute Gasteiger partial charge is 0.253 e. The Hall–Kier alpha value is -1.43. The summed E-state index contributed by atoms with van der Waals surface area (Å²) in [5.74, 6) is -0.436. The number of nitrogens with zero attached hydrogens (tertiary/aromatic N) is 2. The fourth-order valence-electron chi connectivity index (χ4n) is 0.378. The quantitative estimate of drug-likeness (QED) is 0.340. The molecule has 0 saturated heterocycles. The number of nitriles is 1. The predicted octanol–water partition coefficient (Wildman–Crippen LogP) is 2.36. The monoisotopic (exact) mass is 152 g/mol. The molecule has 3 heteroatoms. The molecule has 0 spiro atoms. The number of allylic oxidation sites excluding steroid dienone is 4. The molecule has 0 aliphatic rings. The summed E-state index contributed by atoms with van der Waals surface area (Å²) < 4.78 is 12.7. The molecular weight excluding hydrogens is 143 g/mol. The Morgan fingerprint density at radius 2 is 2.18 bits per heavy atom. The zero-order valence-electron chi connectivity index (χ0n) is 6.56. The molecule has 11 heavy (non-hydrogen) atoms. The van der Waals surface area contributed by atoms with Crippen molar-refractivity contribution in [3.8, 4) is 6.07 Å². The van der Waals surface area contributed by atoms with Gasteiger partial charge in [0.05, 0.1) is 0 Å². The van der Waals surface area contributed by atoms with Crippen LogP contribution in [-0.2, 0) is 0 Å². The highest BCUT2D eigenvalue weighted by Gasteiger charge is 1.95. The maximum absolute atomic E-state index is 12.7. The lowest BCUT2D eigenvalue weighted by molar-refractivity contribution is 0.653. The van der Waals surface area contributed by atoms with Crippen molar-refractivity contribution >= 4 is 6.72 Å². The second-order valence-electron chi connectivity index (χ2n) is 2.15. The van der Waals surface area contributed by atoms with Crippen LogP contribution in [0.25, 0.3) is 0 Å². The van der Waals surface area contributed by atoms with Crippen LogP contribution in [0.5, 0.6) is 0 Å². The van der Waals surface area contributed by atoms with Crippen molar-refractivity contribution in [2.45, 2.75) is 13.8 Å². The molecule has 0 N–H and O–H groups in total. The summed E-state index contributed by atoms with van der Waals surface area (Å²) in [6.45, 7) is 6.34. The SMILES string of the molecule is C=N/C(C#N)=C\C(F)=C(C)C. The van der Waals surface area contributed by atoms with E-state index in [4.69, 9.17) is 5.26 Å². The molecule has 0 aromatic carbocycles. The maximum atomic E-state index is 12.7.